The zero-order chi connectivity index (χ0) is 18.4. The first-order valence-corrected chi connectivity index (χ1v) is 9.07. The molecule has 1 amide bonds. The Morgan fingerprint density at radius 2 is 1.85 bits per heavy atom. The number of nitrogens with zero attached hydrogens (tertiary/aromatic N) is 1. The van der Waals surface area contributed by atoms with Crippen LogP contribution in [0.1, 0.15) is 17.9 Å². The van der Waals surface area contributed by atoms with Gasteiger partial charge >= 0.3 is 0 Å². The first-order valence-electron chi connectivity index (χ1n) is 8.32. The van der Waals surface area contributed by atoms with Gasteiger partial charge in [0.1, 0.15) is 0 Å². The highest BCUT2D eigenvalue weighted by molar-refractivity contribution is 6.30. The lowest BCUT2D eigenvalue weighted by Gasteiger charge is -2.05. The van der Waals surface area contributed by atoms with Gasteiger partial charge in [-0.2, -0.15) is 0 Å². The van der Waals surface area contributed by atoms with Crippen molar-refractivity contribution in [2.24, 2.45) is 0 Å². The molecule has 2 aromatic carbocycles. The largest absolute Gasteiger partial charge is 0.441 e. The molecule has 1 aromatic heterocycles. The number of aromatic nitrogens is 1. The van der Waals surface area contributed by atoms with Crippen LogP contribution in [0.2, 0.25) is 10.0 Å². The van der Waals surface area contributed by atoms with Crippen molar-refractivity contribution in [2.75, 3.05) is 6.54 Å². The van der Waals surface area contributed by atoms with E-state index in [0.717, 1.165) is 17.5 Å². The smallest absolute Gasteiger partial charge is 0.220 e. The molecule has 134 valence electrons. The molecule has 0 atom stereocenters. The normalized spacial score (nSPS) is 10.7. The molecular formula is C20H18Cl2N2O2. The maximum Gasteiger partial charge on any atom is 0.220 e. The highest BCUT2D eigenvalue weighted by Gasteiger charge is 2.09. The van der Waals surface area contributed by atoms with E-state index < -0.39 is 0 Å². The Bertz CT molecular complexity index is 876. The van der Waals surface area contributed by atoms with Crippen molar-refractivity contribution >= 4 is 29.1 Å². The quantitative estimate of drug-likeness (QED) is 0.623. The predicted octanol–water partition coefficient (Wildman–Crippen LogP) is 4.94. The summed E-state index contributed by atoms with van der Waals surface area (Å²) in [6.45, 7) is 0.570. The van der Waals surface area contributed by atoms with Gasteiger partial charge < -0.3 is 9.73 Å². The Morgan fingerprint density at radius 3 is 2.62 bits per heavy atom. The van der Waals surface area contributed by atoms with Gasteiger partial charge in [-0.3, -0.25) is 4.79 Å². The second kappa shape index (κ2) is 8.88. The summed E-state index contributed by atoms with van der Waals surface area (Å²) in [5, 5.41) is 4.27. The van der Waals surface area contributed by atoms with E-state index in [2.05, 4.69) is 10.3 Å². The molecule has 0 fully saturated rings. The summed E-state index contributed by atoms with van der Waals surface area (Å²) in [6.07, 6.45) is 3.19. The number of amides is 1. The van der Waals surface area contributed by atoms with Crippen LogP contribution in [0.5, 0.6) is 0 Å². The second-order valence-electron chi connectivity index (χ2n) is 5.86. The van der Waals surface area contributed by atoms with Crippen LogP contribution in [-0.4, -0.2) is 17.4 Å². The van der Waals surface area contributed by atoms with E-state index in [9.17, 15) is 4.79 Å². The van der Waals surface area contributed by atoms with Crippen molar-refractivity contribution in [1.29, 1.82) is 0 Å². The van der Waals surface area contributed by atoms with E-state index in [0.29, 0.717) is 41.1 Å². The number of hydrogen-bond donors (Lipinski definition) is 1. The lowest BCUT2D eigenvalue weighted by atomic mass is 10.1. The number of rotatable bonds is 7. The summed E-state index contributed by atoms with van der Waals surface area (Å²) in [6, 6.07) is 15.0. The zero-order valence-electron chi connectivity index (χ0n) is 14.0. The molecule has 1 N–H and O–H groups in total. The number of benzene rings is 2. The van der Waals surface area contributed by atoms with Crippen LogP contribution in [0.25, 0.3) is 11.3 Å². The van der Waals surface area contributed by atoms with E-state index in [-0.39, 0.29) is 5.91 Å². The molecule has 3 aromatic rings. The van der Waals surface area contributed by atoms with Crippen LogP contribution in [0.15, 0.2) is 59.1 Å². The summed E-state index contributed by atoms with van der Waals surface area (Å²) in [5.41, 5.74) is 2.00. The molecule has 0 aliphatic carbocycles. The fourth-order valence-corrected chi connectivity index (χ4v) is 2.86. The SMILES string of the molecule is O=C(CCc1ncc(-c2ccc(Cl)cc2)o1)NCCc1cccc(Cl)c1. The molecular weight excluding hydrogens is 371 g/mol. The number of carbonyl (C=O) groups is 1. The maximum atomic E-state index is 12.0. The van der Waals surface area contributed by atoms with Crippen LogP contribution in [-0.2, 0) is 17.6 Å². The lowest BCUT2D eigenvalue weighted by Crippen LogP contribution is -2.25. The Labute approximate surface area is 162 Å². The van der Waals surface area contributed by atoms with E-state index in [1.165, 1.54) is 0 Å². The fraction of sp³-hybridized carbons (Fsp3) is 0.200. The van der Waals surface area contributed by atoms with E-state index in [4.69, 9.17) is 27.6 Å². The van der Waals surface area contributed by atoms with Gasteiger partial charge in [0.2, 0.25) is 5.91 Å². The summed E-state index contributed by atoms with van der Waals surface area (Å²) in [7, 11) is 0. The van der Waals surface area contributed by atoms with Crippen LogP contribution < -0.4 is 5.32 Å². The van der Waals surface area contributed by atoms with Crippen molar-refractivity contribution in [1.82, 2.24) is 10.3 Å². The highest BCUT2D eigenvalue weighted by atomic mass is 35.5. The van der Waals surface area contributed by atoms with Crippen molar-refractivity contribution in [2.45, 2.75) is 19.3 Å². The molecule has 0 saturated heterocycles. The molecule has 0 aliphatic heterocycles. The number of halogens is 2. The summed E-state index contributed by atoms with van der Waals surface area (Å²) in [5.74, 6) is 1.18. The van der Waals surface area contributed by atoms with Gasteiger partial charge in [-0.15, -0.1) is 0 Å². The summed E-state index contributed by atoms with van der Waals surface area (Å²) >= 11 is 11.8. The zero-order valence-corrected chi connectivity index (χ0v) is 15.6. The first kappa shape index (κ1) is 18.5. The Morgan fingerprint density at radius 1 is 1.04 bits per heavy atom. The molecule has 26 heavy (non-hydrogen) atoms. The van der Waals surface area contributed by atoms with Gasteiger partial charge in [-0.05, 0) is 48.4 Å². The Hall–Kier alpha value is -2.30. The number of nitrogens with one attached hydrogen (secondary N) is 1. The average Bonchev–Trinajstić information content (AvgIpc) is 3.10. The molecule has 0 bridgehead atoms. The Balaban J connectivity index is 1.44. The third kappa shape index (κ3) is 5.35. The third-order valence-electron chi connectivity index (χ3n) is 3.87. The molecule has 1 heterocycles. The van der Waals surface area contributed by atoms with Gasteiger partial charge in [0, 0.05) is 35.0 Å². The fourth-order valence-electron chi connectivity index (χ4n) is 2.52. The molecule has 0 unspecified atom stereocenters. The topological polar surface area (TPSA) is 55.1 Å². The van der Waals surface area contributed by atoms with Gasteiger partial charge in [0.05, 0.1) is 6.20 Å². The van der Waals surface area contributed by atoms with Crippen molar-refractivity contribution in [3.63, 3.8) is 0 Å². The molecule has 0 saturated carbocycles. The van der Waals surface area contributed by atoms with Crippen LogP contribution in [0.3, 0.4) is 0 Å². The Kier molecular flexibility index (Phi) is 6.31. The van der Waals surface area contributed by atoms with Gasteiger partial charge in [-0.1, -0.05) is 35.3 Å². The third-order valence-corrected chi connectivity index (χ3v) is 4.36. The molecule has 3 rings (SSSR count). The van der Waals surface area contributed by atoms with Crippen LogP contribution in [0, 0.1) is 0 Å². The van der Waals surface area contributed by atoms with E-state index in [1.54, 1.807) is 18.3 Å². The van der Waals surface area contributed by atoms with Crippen LogP contribution in [0.4, 0.5) is 0 Å². The second-order valence-corrected chi connectivity index (χ2v) is 6.73. The first-order chi connectivity index (χ1) is 12.6. The van der Waals surface area contributed by atoms with E-state index >= 15 is 0 Å². The number of oxazole rings is 1. The maximum absolute atomic E-state index is 12.0. The van der Waals surface area contributed by atoms with Gasteiger partial charge in [0.15, 0.2) is 11.7 Å². The molecule has 4 nitrogen and oxygen atoms in total. The molecule has 0 radical (unpaired) electrons. The van der Waals surface area contributed by atoms with Crippen molar-refractivity contribution in [3.8, 4) is 11.3 Å². The van der Waals surface area contributed by atoms with Gasteiger partial charge in [0.25, 0.3) is 0 Å². The molecule has 0 spiro atoms. The summed E-state index contributed by atoms with van der Waals surface area (Å²) < 4.78 is 5.70. The number of aryl methyl sites for hydroxylation is 1. The predicted molar refractivity (Wildman–Crippen MR) is 103 cm³/mol. The number of carbonyl (C=O) groups excluding carboxylic acids is 1. The van der Waals surface area contributed by atoms with Crippen LogP contribution >= 0.6 is 23.2 Å². The lowest BCUT2D eigenvalue weighted by molar-refractivity contribution is -0.121. The minimum Gasteiger partial charge on any atom is -0.441 e. The number of hydrogen-bond acceptors (Lipinski definition) is 3. The summed E-state index contributed by atoms with van der Waals surface area (Å²) in [4.78, 5) is 16.2. The van der Waals surface area contributed by atoms with Crippen molar-refractivity contribution < 1.29 is 9.21 Å². The van der Waals surface area contributed by atoms with E-state index in [1.807, 2.05) is 36.4 Å². The highest BCUT2D eigenvalue weighted by Crippen LogP contribution is 2.22. The average molecular weight is 389 g/mol. The van der Waals surface area contributed by atoms with Crippen molar-refractivity contribution in [3.05, 3.63) is 76.2 Å². The monoisotopic (exact) mass is 388 g/mol. The van der Waals surface area contributed by atoms with Gasteiger partial charge in [-0.25, -0.2) is 4.98 Å². The standard InChI is InChI=1S/C20H18Cl2N2O2/c21-16-6-4-15(5-7-16)18-13-24-20(26-18)9-8-19(25)23-11-10-14-2-1-3-17(22)12-14/h1-7,12-13H,8-11H2,(H,23,25). The minimum atomic E-state index is -0.0294. The minimum absolute atomic E-state index is 0.0294. The molecule has 6 heteroatoms. The molecule has 0 aliphatic rings.